The van der Waals surface area contributed by atoms with Crippen molar-refractivity contribution >= 4 is 44.6 Å². The molecule has 0 aliphatic rings. The summed E-state index contributed by atoms with van der Waals surface area (Å²) >= 11 is 7.82. The SMILES string of the molecule is CCCCC(=NNC(=O)c1sc2cc(C)ccc2c1Cl)c1ccccc1. The van der Waals surface area contributed by atoms with Gasteiger partial charge in [-0.1, -0.05) is 67.4 Å². The highest BCUT2D eigenvalue weighted by Gasteiger charge is 2.17. The summed E-state index contributed by atoms with van der Waals surface area (Å²) in [5.74, 6) is -0.265. The second kappa shape index (κ2) is 8.47. The Labute approximate surface area is 162 Å². The molecular formula is C21H21ClN2OS. The van der Waals surface area contributed by atoms with Crippen molar-refractivity contribution in [2.75, 3.05) is 0 Å². The van der Waals surface area contributed by atoms with Crippen LogP contribution in [0.4, 0.5) is 0 Å². The summed E-state index contributed by atoms with van der Waals surface area (Å²) in [6, 6.07) is 15.9. The summed E-state index contributed by atoms with van der Waals surface area (Å²) in [4.78, 5) is 13.1. The minimum Gasteiger partial charge on any atom is -0.266 e. The quantitative estimate of drug-likeness (QED) is 0.399. The molecule has 1 N–H and O–H groups in total. The lowest BCUT2D eigenvalue weighted by molar-refractivity contribution is 0.0959. The monoisotopic (exact) mass is 384 g/mol. The number of amides is 1. The third-order valence-corrected chi connectivity index (χ3v) is 5.81. The number of fused-ring (bicyclic) bond motifs is 1. The van der Waals surface area contributed by atoms with E-state index < -0.39 is 0 Å². The largest absolute Gasteiger partial charge is 0.283 e. The van der Waals surface area contributed by atoms with E-state index in [9.17, 15) is 4.79 Å². The van der Waals surface area contributed by atoms with E-state index in [1.54, 1.807) is 0 Å². The number of carbonyl (C=O) groups excluding carboxylic acids is 1. The lowest BCUT2D eigenvalue weighted by atomic mass is 10.1. The molecule has 0 spiro atoms. The van der Waals surface area contributed by atoms with E-state index in [-0.39, 0.29) is 5.91 Å². The van der Waals surface area contributed by atoms with Crippen LogP contribution in [-0.2, 0) is 0 Å². The third-order valence-electron chi connectivity index (χ3n) is 4.16. The first-order valence-electron chi connectivity index (χ1n) is 8.71. The van der Waals surface area contributed by atoms with Crippen LogP contribution in [0.1, 0.15) is 47.0 Å². The topological polar surface area (TPSA) is 41.5 Å². The molecule has 1 amide bonds. The number of aryl methyl sites for hydroxylation is 1. The van der Waals surface area contributed by atoms with E-state index in [2.05, 4.69) is 17.5 Å². The van der Waals surface area contributed by atoms with Gasteiger partial charge in [0, 0.05) is 10.1 Å². The van der Waals surface area contributed by atoms with Crippen molar-refractivity contribution in [1.82, 2.24) is 5.43 Å². The van der Waals surface area contributed by atoms with Gasteiger partial charge in [-0.2, -0.15) is 5.10 Å². The van der Waals surface area contributed by atoms with Crippen LogP contribution in [-0.4, -0.2) is 11.6 Å². The maximum atomic E-state index is 12.6. The van der Waals surface area contributed by atoms with E-state index in [1.165, 1.54) is 11.3 Å². The van der Waals surface area contributed by atoms with E-state index in [4.69, 9.17) is 11.6 Å². The van der Waals surface area contributed by atoms with Gasteiger partial charge in [0.25, 0.3) is 5.91 Å². The molecule has 5 heteroatoms. The van der Waals surface area contributed by atoms with Gasteiger partial charge >= 0.3 is 0 Å². The number of unbranched alkanes of at least 4 members (excludes halogenated alkanes) is 1. The minimum atomic E-state index is -0.265. The molecule has 0 saturated heterocycles. The Morgan fingerprint density at radius 3 is 2.69 bits per heavy atom. The van der Waals surface area contributed by atoms with E-state index in [1.807, 2.05) is 55.5 Å². The van der Waals surface area contributed by atoms with Crippen molar-refractivity contribution in [3.8, 4) is 0 Å². The molecule has 0 bridgehead atoms. The highest BCUT2D eigenvalue weighted by atomic mass is 35.5. The lowest BCUT2D eigenvalue weighted by Crippen LogP contribution is -2.19. The fourth-order valence-electron chi connectivity index (χ4n) is 2.73. The Morgan fingerprint density at radius 1 is 1.19 bits per heavy atom. The van der Waals surface area contributed by atoms with Crippen LogP contribution in [0.3, 0.4) is 0 Å². The molecule has 2 aromatic carbocycles. The third kappa shape index (κ3) is 4.14. The minimum absolute atomic E-state index is 0.265. The molecule has 1 heterocycles. The van der Waals surface area contributed by atoms with Crippen LogP contribution in [0.25, 0.3) is 10.1 Å². The van der Waals surface area contributed by atoms with Crippen LogP contribution < -0.4 is 5.43 Å². The number of benzene rings is 2. The molecule has 0 aliphatic carbocycles. The van der Waals surface area contributed by atoms with Crippen LogP contribution in [0.2, 0.25) is 5.02 Å². The highest BCUT2D eigenvalue weighted by molar-refractivity contribution is 7.21. The number of hydrogen-bond acceptors (Lipinski definition) is 3. The first-order valence-corrected chi connectivity index (χ1v) is 9.90. The molecular weight excluding hydrogens is 364 g/mol. The van der Waals surface area contributed by atoms with Crippen molar-refractivity contribution in [1.29, 1.82) is 0 Å². The second-order valence-corrected chi connectivity index (χ2v) is 7.64. The van der Waals surface area contributed by atoms with Crippen molar-refractivity contribution in [2.24, 2.45) is 5.10 Å². The zero-order valence-corrected chi connectivity index (χ0v) is 16.5. The van der Waals surface area contributed by atoms with Gasteiger partial charge in [-0.25, -0.2) is 5.43 Å². The molecule has 0 saturated carbocycles. The molecule has 0 fully saturated rings. The van der Waals surface area contributed by atoms with Gasteiger partial charge in [0.15, 0.2) is 0 Å². The van der Waals surface area contributed by atoms with Gasteiger partial charge in [-0.15, -0.1) is 11.3 Å². The number of hydrogen-bond donors (Lipinski definition) is 1. The highest BCUT2D eigenvalue weighted by Crippen LogP contribution is 2.35. The van der Waals surface area contributed by atoms with Crippen molar-refractivity contribution in [3.63, 3.8) is 0 Å². The van der Waals surface area contributed by atoms with Gasteiger partial charge in [-0.3, -0.25) is 4.79 Å². The van der Waals surface area contributed by atoms with E-state index in [0.29, 0.717) is 9.90 Å². The summed E-state index contributed by atoms with van der Waals surface area (Å²) in [7, 11) is 0. The molecule has 1 aromatic heterocycles. The van der Waals surface area contributed by atoms with Crippen LogP contribution >= 0.6 is 22.9 Å². The maximum absolute atomic E-state index is 12.6. The van der Waals surface area contributed by atoms with Crippen molar-refractivity contribution in [2.45, 2.75) is 33.1 Å². The molecule has 0 aliphatic heterocycles. The number of thiophene rings is 1. The smallest absolute Gasteiger partial charge is 0.266 e. The van der Waals surface area contributed by atoms with E-state index in [0.717, 1.165) is 46.2 Å². The average molecular weight is 385 g/mol. The van der Waals surface area contributed by atoms with Crippen LogP contribution in [0.5, 0.6) is 0 Å². The Balaban J connectivity index is 1.85. The molecule has 26 heavy (non-hydrogen) atoms. The fourth-order valence-corrected chi connectivity index (χ4v) is 4.23. The zero-order valence-electron chi connectivity index (χ0n) is 14.9. The van der Waals surface area contributed by atoms with Crippen LogP contribution in [0, 0.1) is 6.92 Å². The molecule has 0 unspecified atom stereocenters. The van der Waals surface area contributed by atoms with Gasteiger partial charge in [0.2, 0.25) is 0 Å². The first kappa shape index (κ1) is 18.6. The summed E-state index contributed by atoms with van der Waals surface area (Å²) in [6.45, 7) is 4.16. The maximum Gasteiger partial charge on any atom is 0.283 e. The summed E-state index contributed by atoms with van der Waals surface area (Å²) in [5, 5.41) is 5.80. The summed E-state index contributed by atoms with van der Waals surface area (Å²) < 4.78 is 1.01. The Kier molecular flexibility index (Phi) is 6.07. The molecule has 3 nitrogen and oxygen atoms in total. The molecule has 0 radical (unpaired) electrons. The number of halogens is 1. The molecule has 3 aromatic rings. The van der Waals surface area contributed by atoms with Gasteiger partial charge in [0.1, 0.15) is 4.88 Å². The van der Waals surface area contributed by atoms with Crippen molar-refractivity contribution < 1.29 is 4.79 Å². The van der Waals surface area contributed by atoms with Crippen molar-refractivity contribution in [3.05, 3.63) is 69.6 Å². The van der Waals surface area contributed by atoms with Gasteiger partial charge in [-0.05, 0) is 37.0 Å². The standard InChI is InChI=1S/C21H21ClN2OS/c1-3-4-10-17(15-8-6-5-7-9-15)23-24-21(25)20-19(22)16-12-11-14(2)13-18(16)26-20/h5-9,11-13H,3-4,10H2,1-2H3,(H,24,25). The number of nitrogens with one attached hydrogen (secondary N) is 1. The molecule has 134 valence electrons. The lowest BCUT2D eigenvalue weighted by Gasteiger charge is -2.06. The predicted octanol–water partition coefficient (Wildman–Crippen LogP) is 6.19. The fraction of sp³-hybridized carbons (Fsp3) is 0.238. The van der Waals surface area contributed by atoms with E-state index >= 15 is 0 Å². The second-order valence-electron chi connectivity index (χ2n) is 6.21. The zero-order chi connectivity index (χ0) is 18.5. The van der Waals surface area contributed by atoms with Gasteiger partial charge in [0.05, 0.1) is 10.7 Å². The number of hydrazone groups is 1. The average Bonchev–Trinajstić information content (AvgIpc) is 2.98. The molecule has 0 atom stereocenters. The van der Waals surface area contributed by atoms with Gasteiger partial charge < -0.3 is 0 Å². The Hall–Kier alpha value is -2.17. The normalized spacial score (nSPS) is 11.7. The van der Waals surface area contributed by atoms with Crippen LogP contribution in [0.15, 0.2) is 53.6 Å². The first-order chi connectivity index (χ1) is 12.6. The Morgan fingerprint density at radius 2 is 1.96 bits per heavy atom. The Bertz CT molecular complexity index is 947. The number of nitrogens with zero attached hydrogens (tertiary/aromatic N) is 1. The summed E-state index contributed by atoms with van der Waals surface area (Å²) in [5.41, 5.74) is 5.75. The predicted molar refractivity (Wildman–Crippen MR) is 112 cm³/mol. The number of carbonyl (C=O) groups is 1. The number of rotatable bonds is 6. The summed E-state index contributed by atoms with van der Waals surface area (Å²) in [6.07, 6.45) is 2.91. The molecule has 3 rings (SSSR count).